The van der Waals surface area contributed by atoms with Crippen molar-refractivity contribution in [2.45, 2.75) is 13.0 Å². The number of aromatic amines is 1. The molecule has 0 fully saturated rings. The van der Waals surface area contributed by atoms with Gasteiger partial charge in [-0.1, -0.05) is 28.4 Å². The van der Waals surface area contributed by atoms with Gasteiger partial charge in [-0.25, -0.2) is 4.79 Å². The van der Waals surface area contributed by atoms with E-state index in [2.05, 4.69) is 9.79 Å². The Morgan fingerprint density at radius 2 is 2.07 bits per heavy atom. The molecular weight excluding hydrogens is 216 g/mol. The summed E-state index contributed by atoms with van der Waals surface area (Å²) in [6.45, 7) is 0.674. The summed E-state index contributed by atoms with van der Waals surface area (Å²) in [6, 6.07) is 7.61. The van der Waals surface area contributed by atoms with Crippen molar-refractivity contribution in [2.24, 2.45) is 0 Å². The maximum Gasteiger partial charge on any atom is 0.426 e. The molecule has 0 aliphatic rings. The van der Waals surface area contributed by atoms with E-state index in [4.69, 9.17) is 11.6 Å². The molecule has 0 bridgehead atoms. The van der Waals surface area contributed by atoms with Gasteiger partial charge in [0.25, 0.3) is 6.20 Å². The Bertz CT molecular complexity index is 487. The van der Waals surface area contributed by atoms with E-state index in [1.807, 2.05) is 24.3 Å². The molecule has 0 spiro atoms. The fraction of sp³-hybridized carbons (Fsp3) is 0.200. The van der Waals surface area contributed by atoms with Gasteiger partial charge in [0.2, 0.25) is 0 Å². The fourth-order valence-corrected chi connectivity index (χ4v) is 1.42. The minimum atomic E-state index is -0.369. The van der Waals surface area contributed by atoms with Crippen molar-refractivity contribution in [3.63, 3.8) is 0 Å². The van der Waals surface area contributed by atoms with Crippen molar-refractivity contribution in [3.05, 3.63) is 51.5 Å². The first-order chi connectivity index (χ1) is 7.24. The second kappa shape index (κ2) is 4.31. The molecule has 0 aliphatic heterocycles. The molecule has 1 N–H and O–H groups in total. The standard InChI is InChI=1S/C10H9ClN2O2/c11-9-3-1-8(2-4-9)5-6-13-7-10(14)15-12-13/h1-4,7H,5-6H2/p+1. The summed E-state index contributed by atoms with van der Waals surface area (Å²) in [7, 11) is 0. The van der Waals surface area contributed by atoms with E-state index in [1.54, 1.807) is 4.68 Å². The minimum absolute atomic E-state index is 0.369. The SMILES string of the molecule is O=c1c[n+](CCc2ccc(Cl)cc2)[nH]o1. The second-order valence-electron chi connectivity index (χ2n) is 3.21. The molecule has 0 atom stereocenters. The monoisotopic (exact) mass is 225 g/mol. The molecule has 1 aromatic heterocycles. The number of benzene rings is 1. The molecule has 1 heterocycles. The van der Waals surface area contributed by atoms with E-state index in [9.17, 15) is 4.79 Å². The molecule has 2 rings (SSSR count). The number of aromatic nitrogens is 2. The third-order valence-electron chi connectivity index (χ3n) is 2.08. The summed E-state index contributed by atoms with van der Waals surface area (Å²) in [5, 5.41) is 3.22. The number of nitrogens with zero attached hydrogens (tertiary/aromatic N) is 1. The average Bonchev–Trinajstić information content (AvgIpc) is 2.64. The predicted molar refractivity (Wildman–Crippen MR) is 54.7 cm³/mol. The Morgan fingerprint density at radius 1 is 1.33 bits per heavy atom. The van der Waals surface area contributed by atoms with Gasteiger partial charge in [0.1, 0.15) is 0 Å². The number of halogens is 1. The van der Waals surface area contributed by atoms with Crippen LogP contribution in [0.25, 0.3) is 0 Å². The molecule has 0 amide bonds. The summed E-state index contributed by atoms with van der Waals surface area (Å²) < 4.78 is 6.14. The van der Waals surface area contributed by atoms with Crippen molar-refractivity contribution in [2.75, 3.05) is 0 Å². The van der Waals surface area contributed by atoms with Crippen LogP contribution in [-0.4, -0.2) is 5.27 Å². The molecule has 2 aromatic rings. The highest BCUT2D eigenvalue weighted by molar-refractivity contribution is 6.30. The maximum atomic E-state index is 10.7. The molecule has 4 nitrogen and oxygen atoms in total. The van der Waals surface area contributed by atoms with Gasteiger partial charge in [0.05, 0.1) is 0 Å². The highest BCUT2D eigenvalue weighted by atomic mass is 35.5. The molecule has 15 heavy (non-hydrogen) atoms. The third kappa shape index (κ3) is 2.70. The average molecular weight is 226 g/mol. The van der Waals surface area contributed by atoms with Crippen LogP contribution in [0.1, 0.15) is 5.56 Å². The Balaban J connectivity index is 1.99. The van der Waals surface area contributed by atoms with Crippen LogP contribution in [0, 0.1) is 0 Å². The van der Waals surface area contributed by atoms with Crippen molar-refractivity contribution < 1.29 is 9.20 Å². The molecule has 0 aliphatic carbocycles. The summed E-state index contributed by atoms with van der Waals surface area (Å²) in [6.07, 6.45) is 2.20. The highest BCUT2D eigenvalue weighted by Gasteiger charge is 2.05. The number of rotatable bonds is 3. The largest absolute Gasteiger partial charge is 0.426 e. The van der Waals surface area contributed by atoms with E-state index < -0.39 is 0 Å². The van der Waals surface area contributed by atoms with Crippen LogP contribution in [-0.2, 0) is 13.0 Å². The fourth-order valence-electron chi connectivity index (χ4n) is 1.29. The highest BCUT2D eigenvalue weighted by Crippen LogP contribution is 2.09. The Hall–Kier alpha value is -1.55. The van der Waals surface area contributed by atoms with Crippen LogP contribution in [0.2, 0.25) is 5.02 Å². The van der Waals surface area contributed by atoms with Crippen molar-refractivity contribution >= 4 is 11.6 Å². The van der Waals surface area contributed by atoms with E-state index in [0.29, 0.717) is 6.54 Å². The Labute approximate surface area is 91.0 Å². The number of hydrogen-bond donors (Lipinski definition) is 1. The zero-order chi connectivity index (χ0) is 10.7. The second-order valence-corrected chi connectivity index (χ2v) is 3.65. The van der Waals surface area contributed by atoms with Crippen molar-refractivity contribution in [1.29, 1.82) is 0 Å². The van der Waals surface area contributed by atoms with Crippen LogP contribution in [0.5, 0.6) is 0 Å². The molecular formula is C10H10ClN2O2+. The normalized spacial score (nSPS) is 10.5. The molecule has 0 saturated heterocycles. The quantitative estimate of drug-likeness (QED) is 0.797. The zero-order valence-corrected chi connectivity index (χ0v) is 8.70. The predicted octanol–water partition coefficient (Wildman–Crippen LogP) is 1.15. The summed E-state index contributed by atoms with van der Waals surface area (Å²) in [4.78, 5) is 10.7. The van der Waals surface area contributed by atoms with Crippen LogP contribution in [0.3, 0.4) is 0 Å². The molecule has 0 unspecified atom stereocenters. The molecule has 78 valence electrons. The van der Waals surface area contributed by atoms with Crippen LogP contribution in [0.15, 0.2) is 39.8 Å². The maximum absolute atomic E-state index is 10.7. The minimum Gasteiger partial charge on any atom is -0.284 e. The zero-order valence-electron chi connectivity index (χ0n) is 7.94. The van der Waals surface area contributed by atoms with Crippen LogP contribution < -0.4 is 10.3 Å². The third-order valence-corrected chi connectivity index (χ3v) is 2.33. The van der Waals surface area contributed by atoms with E-state index in [1.165, 1.54) is 6.20 Å². The lowest BCUT2D eigenvalue weighted by Gasteiger charge is -1.96. The van der Waals surface area contributed by atoms with Gasteiger partial charge in [-0.3, -0.25) is 4.52 Å². The first-order valence-electron chi connectivity index (χ1n) is 4.56. The van der Waals surface area contributed by atoms with Crippen LogP contribution in [0.4, 0.5) is 0 Å². The summed E-state index contributed by atoms with van der Waals surface area (Å²) in [5.74, 6) is 0. The lowest BCUT2D eigenvalue weighted by atomic mass is 10.1. The first kappa shape index (κ1) is 9.98. The lowest BCUT2D eigenvalue weighted by Crippen LogP contribution is -2.36. The van der Waals surface area contributed by atoms with Crippen LogP contribution >= 0.6 is 11.6 Å². The summed E-state index contributed by atoms with van der Waals surface area (Å²) in [5.41, 5.74) is 0.792. The first-order valence-corrected chi connectivity index (χ1v) is 4.94. The van der Waals surface area contributed by atoms with Crippen molar-refractivity contribution in [3.8, 4) is 0 Å². The number of H-pyrrole nitrogens is 1. The summed E-state index contributed by atoms with van der Waals surface area (Å²) >= 11 is 5.76. The topological polar surface area (TPSA) is 49.9 Å². The van der Waals surface area contributed by atoms with Gasteiger partial charge in [-0.15, -0.1) is 0 Å². The lowest BCUT2D eigenvalue weighted by molar-refractivity contribution is -0.761. The van der Waals surface area contributed by atoms with E-state index in [0.717, 1.165) is 17.0 Å². The molecule has 1 aromatic carbocycles. The van der Waals surface area contributed by atoms with Gasteiger partial charge in [0, 0.05) is 11.4 Å². The molecule has 5 heteroatoms. The van der Waals surface area contributed by atoms with E-state index >= 15 is 0 Å². The number of aryl methyl sites for hydroxylation is 2. The smallest absolute Gasteiger partial charge is 0.284 e. The molecule has 0 radical (unpaired) electrons. The Kier molecular flexibility index (Phi) is 2.87. The number of hydrogen-bond acceptors (Lipinski definition) is 2. The Morgan fingerprint density at radius 3 is 2.67 bits per heavy atom. The number of nitrogens with one attached hydrogen (secondary N) is 1. The van der Waals surface area contributed by atoms with Gasteiger partial charge in [0.15, 0.2) is 6.54 Å². The van der Waals surface area contributed by atoms with Crippen molar-refractivity contribution in [1.82, 2.24) is 5.27 Å². The van der Waals surface area contributed by atoms with Gasteiger partial charge >= 0.3 is 5.63 Å². The van der Waals surface area contributed by atoms with Gasteiger partial charge in [-0.2, -0.15) is 0 Å². The van der Waals surface area contributed by atoms with Gasteiger partial charge in [-0.05, 0) is 23.0 Å². The van der Waals surface area contributed by atoms with Gasteiger partial charge < -0.3 is 0 Å². The van der Waals surface area contributed by atoms with E-state index in [-0.39, 0.29) is 5.63 Å². The molecule has 0 saturated carbocycles.